The van der Waals surface area contributed by atoms with Gasteiger partial charge in [-0.2, -0.15) is 13.2 Å². The Morgan fingerprint density at radius 3 is 2.62 bits per heavy atom. The minimum Gasteiger partial charge on any atom is -0.325 e. The van der Waals surface area contributed by atoms with Crippen LogP contribution < -0.4 is 10.9 Å². The number of anilines is 1. The number of halogens is 4. The fourth-order valence-electron chi connectivity index (χ4n) is 1.97. The summed E-state index contributed by atoms with van der Waals surface area (Å²) in [4.78, 5) is 30.1. The van der Waals surface area contributed by atoms with Gasteiger partial charge in [0.25, 0.3) is 5.56 Å². The zero-order valence-corrected chi connectivity index (χ0v) is 14.6. The van der Waals surface area contributed by atoms with Crippen molar-refractivity contribution < 1.29 is 22.4 Å². The van der Waals surface area contributed by atoms with Gasteiger partial charge in [-0.1, -0.05) is 25.6 Å². The molecule has 0 aliphatic carbocycles. The lowest BCUT2D eigenvalue weighted by Crippen LogP contribution is -2.17. The predicted octanol–water partition coefficient (Wildman–Crippen LogP) is 3.78. The first kappa shape index (κ1) is 20.0. The number of carbonyl (C=O) groups excluding carboxylic acids is 1. The molecule has 0 unspecified atom stereocenters. The number of aromatic nitrogens is 2. The zero-order chi connectivity index (χ0) is 19.5. The van der Waals surface area contributed by atoms with Crippen molar-refractivity contribution in [2.45, 2.75) is 31.1 Å². The van der Waals surface area contributed by atoms with E-state index in [1.54, 1.807) is 0 Å². The summed E-state index contributed by atoms with van der Waals surface area (Å²) in [6.07, 6.45) is -4.86. The quantitative estimate of drug-likeness (QED) is 0.464. The fourth-order valence-corrected chi connectivity index (χ4v) is 2.65. The molecule has 0 bridgehead atoms. The van der Waals surface area contributed by atoms with Gasteiger partial charge in [-0.25, -0.2) is 9.37 Å². The van der Waals surface area contributed by atoms with Crippen LogP contribution in [-0.2, 0) is 11.0 Å². The molecule has 0 aliphatic heterocycles. The first-order valence-electron chi connectivity index (χ1n) is 7.47. The summed E-state index contributed by atoms with van der Waals surface area (Å²) in [5.41, 5.74) is -1.44. The van der Waals surface area contributed by atoms with Crippen LogP contribution in [0.5, 0.6) is 0 Å². The number of carbonyl (C=O) groups is 1. The molecule has 0 spiro atoms. The molecule has 0 fully saturated rings. The maximum Gasteiger partial charge on any atom is 0.419 e. The second-order valence-electron chi connectivity index (χ2n) is 5.66. The summed E-state index contributed by atoms with van der Waals surface area (Å²) in [6, 6.07) is 3.55. The molecule has 2 aromatic rings. The molecule has 1 aromatic heterocycles. The number of benzene rings is 1. The molecule has 1 amide bonds. The summed E-state index contributed by atoms with van der Waals surface area (Å²) in [5.74, 6) is -2.21. The van der Waals surface area contributed by atoms with Crippen LogP contribution in [0.4, 0.5) is 23.2 Å². The Bertz CT molecular complexity index is 865. The van der Waals surface area contributed by atoms with E-state index in [0.717, 1.165) is 17.8 Å². The average molecular weight is 389 g/mol. The Hall–Kier alpha value is -2.36. The smallest absolute Gasteiger partial charge is 0.325 e. The monoisotopic (exact) mass is 389 g/mol. The first-order chi connectivity index (χ1) is 12.1. The summed E-state index contributed by atoms with van der Waals surface area (Å²) in [6.45, 7) is 3.71. The Morgan fingerprint density at radius 2 is 2.00 bits per heavy atom. The summed E-state index contributed by atoms with van der Waals surface area (Å²) in [7, 11) is 0. The number of rotatable bonds is 5. The van der Waals surface area contributed by atoms with Gasteiger partial charge in [-0.15, -0.1) is 0 Å². The maximum absolute atomic E-state index is 13.2. The summed E-state index contributed by atoms with van der Waals surface area (Å²) in [5, 5.41) is 2.49. The number of thioether (sulfide) groups is 1. The van der Waals surface area contributed by atoms with Crippen LogP contribution in [-0.4, -0.2) is 21.6 Å². The van der Waals surface area contributed by atoms with E-state index in [0.29, 0.717) is 17.8 Å². The molecule has 1 heterocycles. The largest absolute Gasteiger partial charge is 0.419 e. The average Bonchev–Trinajstić information content (AvgIpc) is 2.53. The number of alkyl halides is 3. The van der Waals surface area contributed by atoms with Crippen molar-refractivity contribution in [3.63, 3.8) is 0 Å². The molecule has 26 heavy (non-hydrogen) atoms. The lowest BCUT2D eigenvalue weighted by atomic mass is 10.1. The van der Waals surface area contributed by atoms with Crippen molar-refractivity contribution in [3.8, 4) is 0 Å². The molecule has 0 aliphatic rings. The second kappa shape index (κ2) is 7.90. The first-order valence-corrected chi connectivity index (χ1v) is 8.45. The Balaban J connectivity index is 2.05. The highest BCUT2D eigenvalue weighted by atomic mass is 32.2. The molecule has 2 N–H and O–H groups in total. The van der Waals surface area contributed by atoms with E-state index >= 15 is 0 Å². The maximum atomic E-state index is 13.2. The van der Waals surface area contributed by atoms with Gasteiger partial charge < -0.3 is 10.3 Å². The molecule has 140 valence electrons. The molecule has 2 rings (SSSR count). The van der Waals surface area contributed by atoms with Crippen LogP contribution in [0, 0.1) is 5.82 Å². The van der Waals surface area contributed by atoms with E-state index < -0.39 is 23.5 Å². The summed E-state index contributed by atoms with van der Waals surface area (Å²) >= 11 is 0.931. The highest BCUT2D eigenvalue weighted by molar-refractivity contribution is 7.99. The van der Waals surface area contributed by atoms with E-state index in [1.165, 1.54) is 6.07 Å². The molecule has 0 atom stereocenters. The third kappa shape index (κ3) is 5.32. The van der Waals surface area contributed by atoms with Crippen molar-refractivity contribution in [1.29, 1.82) is 0 Å². The lowest BCUT2D eigenvalue weighted by Gasteiger charge is -2.11. The molecule has 0 saturated heterocycles. The normalized spacial score (nSPS) is 11.7. The van der Waals surface area contributed by atoms with E-state index in [1.807, 2.05) is 13.8 Å². The van der Waals surface area contributed by atoms with Crippen molar-refractivity contribution in [2.24, 2.45) is 0 Å². The van der Waals surface area contributed by atoms with E-state index in [4.69, 9.17) is 0 Å². The summed E-state index contributed by atoms with van der Waals surface area (Å²) < 4.78 is 51.3. The molecular formula is C16H15F4N3O2S. The molecule has 5 nitrogen and oxygen atoms in total. The minimum absolute atomic E-state index is 0.0190. The van der Waals surface area contributed by atoms with Gasteiger partial charge in [0.1, 0.15) is 5.82 Å². The fraction of sp³-hybridized carbons (Fsp3) is 0.312. The topological polar surface area (TPSA) is 74.8 Å². The van der Waals surface area contributed by atoms with E-state index in [9.17, 15) is 27.2 Å². The standard InChI is InChI=1S/C16H15F4N3O2S/c1-8(2)12-6-13(24)23-15(22-12)26-7-14(25)21-9-3-4-11(17)10(5-9)16(18,19)20/h3-6,8H,7H2,1-2H3,(H,21,25)(H,22,23,24). The van der Waals surface area contributed by atoms with Gasteiger partial charge in [-0.3, -0.25) is 9.59 Å². The lowest BCUT2D eigenvalue weighted by molar-refractivity contribution is -0.140. The van der Waals surface area contributed by atoms with E-state index in [-0.39, 0.29) is 28.1 Å². The number of H-pyrrole nitrogens is 1. The number of amides is 1. The van der Waals surface area contributed by atoms with Crippen molar-refractivity contribution >= 4 is 23.4 Å². The Morgan fingerprint density at radius 1 is 1.31 bits per heavy atom. The molecular weight excluding hydrogens is 374 g/mol. The minimum atomic E-state index is -4.86. The third-order valence-electron chi connectivity index (χ3n) is 3.23. The van der Waals surface area contributed by atoms with Crippen LogP contribution >= 0.6 is 11.8 Å². The highest BCUT2D eigenvalue weighted by Crippen LogP contribution is 2.33. The van der Waals surface area contributed by atoms with Crippen molar-refractivity contribution in [3.05, 3.63) is 51.7 Å². The van der Waals surface area contributed by atoms with Crippen molar-refractivity contribution in [1.82, 2.24) is 9.97 Å². The number of hydrogen-bond acceptors (Lipinski definition) is 4. The van der Waals surface area contributed by atoms with Crippen LogP contribution in [0.25, 0.3) is 0 Å². The highest BCUT2D eigenvalue weighted by Gasteiger charge is 2.34. The van der Waals surface area contributed by atoms with Crippen molar-refractivity contribution in [2.75, 3.05) is 11.1 Å². The van der Waals surface area contributed by atoms with Crippen LogP contribution in [0.2, 0.25) is 0 Å². The second-order valence-corrected chi connectivity index (χ2v) is 6.62. The number of nitrogens with one attached hydrogen (secondary N) is 2. The predicted molar refractivity (Wildman–Crippen MR) is 89.7 cm³/mol. The molecule has 0 radical (unpaired) electrons. The molecule has 0 saturated carbocycles. The number of aromatic amines is 1. The van der Waals surface area contributed by atoms with Gasteiger partial charge in [0, 0.05) is 11.8 Å². The van der Waals surface area contributed by atoms with Crippen LogP contribution in [0.1, 0.15) is 31.0 Å². The number of nitrogens with zero attached hydrogens (tertiary/aromatic N) is 1. The van der Waals surface area contributed by atoms with Crippen LogP contribution in [0.15, 0.2) is 34.2 Å². The number of hydrogen-bond donors (Lipinski definition) is 2. The Kier molecular flexibility index (Phi) is 6.06. The SMILES string of the molecule is CC(C)c1cc(=O)[nH]c(SCC(=O)Nc2ccc(F)c(C(F)(F)F)c2)n1. The van der Waals surface area contributed by atoms with Gasteiger partial charge in [0.2, 0.25) is 5.91 Å². The zero-order valence-electron chi connectivity index (χ0n) is 13.8. The Labute approximate surface area is 150 Å². The molecule has 1 aromatic carbocycles. The van der Waals surface area contributed by atoms with Gasteiger partial charge in [-0.05, 0) is 24.1 Å². The molecule has 10 heteroatoms. The third-order valence-corrected chi connectivity index (χ3v) is 4.10. The van der Waals surface area contributed by atoms with Gasteiger partial charge in [0.15, 0.2) is 5.16 Å². The van der Waals surface area contributed by atoms with Gasteiger partial charge >= 0.3 is 6.18 Å². The van der Waals surface area contributed by atoms with E-state index in [2.05, 4.69) is 15.3 Å². The van der Waals surface area contributed by atoms with Gasteiger partial charge in [0.05, 0.1) is 17.0 Å². The van der Waals surface area contributed by atoms with Crippen LogP contribution in [0.3, 0.4) is 0 Å².